The van der Waals surface area contributed by atoms with Crippen molar-refractivity contribution in [3.8, 4) is 0 Å². The Morgan fingerprint density at radius 3 is 2.70 bits per heavy atom. The fraction of sp³-hybridized carbons (Fsp3) is 0.154. The first-order chi connectivity index (χ1) is 9.51. The highest BCUT2D eigenvalue weighted by Crippen LogP contribution is 2.15. The summed E-state index contributed by atoms with van der Waals surface area (Å²) in [6.07, 6.45) is 1.50. The van der Waals surface area contributed by atoms with Gasteiger partial charge in [-0.2, -0.15) is 5.10 Å². The summed E-state index contributed by atoms with van der Waals surface area (Å²) in [6.45, 7) is 0. The number of nitrogens with zero attached hydrogens (tertiary/aromatic N) is 2. The van der Waals surface area contributed by atoms with Crippen molar-refractivity contribution in [2.75, 3.05) is 12.4 Å². The number of rotatable bonds is 3. The molecule has 7 heteroatoms. The fourth-order valence-corrected chi connectivity index (χ4v) is 1.69. The molecule has 2 amide bonds. The number of halogens is 1. The van der Waals surface area contributed by atoms with Crippen LogP contribution in [0.1, 0.15) is 20.8 Å². The van der Waals surface area contributed by atoms with Crippen LogP contribution in [-0.2, 0) is 7.05 Å². The molecule has 0 saturated heterocycles. The molecule has 0 bridgehead atoms. The highest BCUT2D eigenvalue weighted by Gasteiger charge is 2.17. The average Bonchev–Trinajstić information content (AvgIpc) is 2.78. The van der Waals surface area contributed by atoms with Crippen molar-refractivity contribution in [3.63, 3.8) is 0 Å². The van der Waals surface area contributed by atoms with E-state index in [1.54, 1.807) is 7.05 Å². The fourth-order valence-electron chi connectivity index (χ4n) is 1.69. The lowest BCUT2D eigenvalue weighted by Crippen LogP contribution is -2.21. The molecule has 0 aliphatic rings. The van der Waals surface area contributed by atoms with Gasteiger partial charge in [0.2, 0.25) is 0 Å². The summed E-state index contributed by atoms with van der Waals surface area (Å²) in [5.41, 5.74) is 0.526. The highest BCUT2D eigenvalue weighted by molar-refractivity contribution is 6.08. The van der Waals surface area contributed by atoms with E-state index in [2.05, 4.69) is 15.7 Å². The molecule has 1 aromatic heterocycles. The molecule has 2 N–H and O–H groups in total. The summed E-state index contributed by atoms with van der Waals surface area (Å²) in [4.78, 5) is 23.6. The summed E-state index contributed by atoms with van der Waals surface area (Å²) >= 11 is 0. The van der Waals surface area contributed by atoms with Gasteiger partial charge in [-0.25, -0.2) is 4.39 Å². The van der Waals surface area contributed by atoms with E-state index in [4.69, 9.17) is 0 Å². The lowest BCUT2D eigenvalue weighted by molar-refractivity contribution is 0.0958. The molecular formula is C13H13FN4O2. The summed E-state index contributed by atoms with van der Waals surface area (Å²) in [5, 5.41) is 8.93. The molecule has 104 valence electrons. The van der Waals surface area contributed by atoms with Gasteiger partial charge in [0.15, 0.2) is 5.69 Å². The Kier molecular flexibility index (Phi) is 3.79. The average molecular weight is 276 g/mol. The van der Waals surface area contributed by atoms with Crippen molar-refractivity contribution in [3.05, 3.63) is 47.5 Å². The van der Waals surface area contributed by atoms with Crippen molar-refractivity contribution in [2.24, 2.45) is 7.05 Å². The number of carbonyl (C=O) groups excluding carboxylic acids is 2. The van der Waals surface area contributed by atoms with Crippen LogP contribution in [0, 0.1) is 5.82 Å². The third-order valence-electron chi connectivity index (χ3n) is 2.61. The molecule has 0 aliphatic carbocycles. The highest BCUT2D eigenvalue weighted by atomic mass is 19.1. The molecule has 0 atom stereocenters. The molecule has 2 aromatic rings. The first kappa shape index (κ1) is 13.7. The molecule has 0 fully saturated rings. The second-order valence-electron chi connectivity index (χ2n) is 4.11. The minimum Gasteiger partial charge on any atom is -0.354 e. The zero-order valence-electron chi connectivity index (χ0n) is 11.0. The van der Waals surface area contributed by atoms with Gasteiger partial charge in [0.05, 0.1) is 5.69 Å². The lowest BCUT2D eigenvalue weighted by atomic mass is 10.2. The summed E-state index contributed by atoms with van der Waals surface area (Å²) in [5.74, 6) is -1.43. The van der Waals surface area contributed by atoms with E-state index in [0.717, 1.165) is 6.07 Å². The van der Waals surface area contributed by atoms with E-state index in [-0.39, 0.29) is 16.9 Å². The van der Waals surface area contributed by atoms with Crippen molar-refractivity contribution >= 4 is 17.5 Å². The Balaban J connectivity index is 2.26. The van der Waals surface area contributed by atoms with E-state index < -0.39 is 17.6 Å². The van der Waals surface area contributed by atoms with Crippen LogP contribution in [0.2, 0.25) is 0 Å². The normalized spacial score (nSPS) is 10.2. The van der Waals surface area contributed by atoms with Gasteiger partial charge in [0.25, 0.3) is 11.8 Å². The van der Waals surface area contributed by atoms with Gasteiger partial charge in [-0.15, -0.1) is 0 Å². The number of amides is 2. The van der Waals surface area contributed by atoms with E-state index >= 15 is 0 Å². The zero-order chi connectivity index (χ0) is 14.7. The van der Waals surface area contributed by atoms with Gasteiger partial charge in [-0.1, -0.05) is 6.07 Å². The maximum absolute atomic E-state index is 13.1. The SMILES string of the molecule is CNC(=O)c1nn(C)cc1NC(=O)c1cccc(F)c1. The summed E-state index contributed by atoms with van der Waals surface area (Å²) in [7, 11) is 3.10. The maximum atomic E-state index is 13.1. The van der Waals surface area contributed by atoms with E-state index in [9.17, 15) is 14.0 Å². The molecule has 20 heavy (non-hydrogen) atoms. The minimum atomic E-state index is -0.511. The molecule has 0 saturated carbocycles. The Morgan fingerprint density at radius 2 is 2.05 bits per heavy atom. The molecular weight excluding hydrogens is 263 g/mol. The zero-order valence-corrected chi connectivity index (χ0v) is 11.0. The lowest BCUT2D eigenvalue weighted by Gasteiger charge is -2.04. The summed E-state index contributed by atoms with van der Waals surface area (Å²) in [6, 6.07) is 5.28. The van der Waals surface area contributed by atoms with Gasteiger partial charge in [-0.3, -0.25) is 14.3 Å². The predicted molar refractivity (Wildman–Crippen MR) is 71.0 cm³/mol. The van der Waals surface area contributed by atoms with Crippen molar-refractivity contribution in [1.82, 2.24) is 15.1 Å². The van der Waals surface area contributed by atoms with E-state index in [0.29, 0.717) is 0 Å². The van der Waals surface area contributed by atoms with Crippen molar-refractivity contribution < 1.29 is 14.0 Å². The van der Waals surface area contributed by atoms with Crippen LogP contribution in [0.4, 0.5) is 10.1 Å². The number of aromatic nitrogens is 2. The smallest absolute Gasteiger partial charge is 0.273 e. The van der Waals surface area contributed by atoms with Crippen LogP contribution in [0.3, 0.4) is 0 Å². The molecule has 0 spiro atoms. The third kappa shape index (κ3) is 2.82. The van der Waals surface area contributed by atoms with Crippen LogP contribution < -0.4 is 10.6 Å². The number of carbonyl (C=O) groups is 2. The molecule has 1 aromatic carbocycles. The Morgan fingerprint density at radius 1 is 1.30 bits per heavy atom. The van der Waals surface area contributed by atoms with E-state index in [1.165, 1.54) is 36.1 Å². The number of hydrogen-bond donors (Lipinski definition) is 2. The quantitative estimate of drug-likeness (QED) is 0.883. The molecule has 6 nitrogen and oxygen atoms in total. The van der Waals surface area contributed by atoms with Gasteiger partial charge >= 0.3 is 0 Å². The number of nitrogens with one attached hydrogen (secondary N) is 2. The molecule has 0 aliphatic heterocycles. The van der Waals surface area contributed by atoms with Gasteiger partial charge in [0, 0.05) is 25.9 Å². The number of benzene rings is 1. The van der Waals surface area contributed by atoms with E-state index in [1.807, 2.05) is 0 Å². The van der Waals surface area contributed by atoms with Crippen LogP contribution in [0.15, 0.2) is 30.5 Å². The first-order valence-electron chi connectivity index (χ1n) is 5.84. The van der Waals surface area contributed by atoms with Crippen LogP contribution in [-0.4, -0.2) is 28.6 Å². The van der Waals surface area contributed by atoms with Crippen molar-refractivity contribution in [1.29, 1.82) is 0 Å². The van der Waals surface area contributed by atoms with Crippen LogP contribution in [0.5, 0.6) is 0 Å². The summed E-state index contributed by atoms with van der Waals surface area (Å²) < 4.78 is 14.5. The molecule has 0 radical (unpaired) electrons. The number of anilines is 1. The Labute approximate surface area is 114 Å². The van der Waals surface area contributed by atoms with Crippen LogP contribution in [0.25, 0.3) is 0 Å². The predicted octanol–water partition coefficient (Wildman–Crippen LogP) is 1.17. The largest absolute Gasteiger partial charge is 0.354 e. The topological polar surface area (TPSA) is 76.0 Å². The molecule has 0 unspecified atom stereocenters. The standard InChI is InChI=1S/C13H13FN4O2/c1-15-13(20)11-10(7-18(2)17-11)16-12(19)8-4-3-5-9(14)6-8/h3-7H,1-2H3,(H,15,20)(H,16,19). The van der Waals surface area contributed by atoms with Gasteiger partial charge in [-0.05, 0) is 18.2 Å². The third-order valence-corrected chi connectivity index (χ3v) is 2.61. The minimum absolute atomic E-state index is 0.0970. The second kappa shape index (κ2) is 5.52. The molecule has 1 heterocycles. The van der Waals surface area contributed by atoms with Crippen LogP contribution >= 0.6 is 0 Å². The van der Waals surface area contributed by atoms with Gasteiger partial charge in [0.1, 0.15) is 5.82 Å². The maximum Gasteiger partial charge on any atom is 0.273 e. The molecule has 2 rings (SSSR count). The van der Waals surface area contributed by atoms with Crippen molar-refractivity contribution in [2.45, 2.75) is 0 Å². The Bertz CT molecular complexity index is 666. The first-order valence-corrected chi connectivity index (χ1v) is 5.84. The number of hydrogen-bond acceptors (Lipinski definition) is 3. The van der Waals surface area contributed by atoms with Gasteiger partial charge < -0.3 is 10.6 Å². The Hall–Kier alpha value is -2.70. The number of aryl methyl sites for hydroxylation is 1. The second-order valence-corrected chi connectivity index (χ2v) is 4.11. The monoisotopic (exact) mass is 276 g/mol.